The number of aromatic carboxylic acids is 1. The van der Waals surface area contributed by atoms with Crippen molar-refractivity contribution in [1.29, 1.82) is 0 Å². The number of carboxylic acids is 1. The summed E-state index contributed by atoms with van der Waals surface area (Å²) in [5, 5.41) is 9.05. The molecule has 1 aromatic carbocycles. The number of esters is 2. The number of hydrogen-bond acceptors (Lipinski definition) is 5. The van der Waals surface area contributed by atoms with Crippen LogP contribution in [-0.2, 0) is 15.9 Å². The number of carboxylic acid groups (broad SMARTS) is 1. The number of benzene rings is 1. The first-order chi connectivity index (χ1) is 10.0. The lowest BCUT2D eigenvalue weighted by atomic mass is 9.97. The van der Waals surface area contributed by atoms with Crippen molar-refractivity contribution in [1.82, 2.24) is 0 Å². The molecule has 0 bridgehead atoms. The Bertz CT molecular complexity index is 595. The van der Waals surface area contributed by atoms with Gasteiger partial charge in [0.15, 0.2) is 0 Å². The number of ether oxygens (including phenoxy) is 2. The van der Waals surface area contributed by atoms with Gasteiger partial charge in [0, 0.05) is 12.5 Å². The highest BCUT2D eigenvalue weighted by Gasteiger charge is 2.33. The Hall–Kier alpha value is -1.92. The summed E-state index contributed by atoms with van der Waals surface area (Å²) in [4.78, 5) is 34.3. The fourth-order valence-electron chi connectivity index (χ4n) is 2.06. The van der Waals surface area contributed by atoms with E-state index >= 15 is 0 Å². The van der Waals surface area contributed by atoms with Crippen molar-refractivity contribution in [2.24, 2.45) is 0 Å². The molecule has 0 spiro atoms. The van der Waals surface area contributed by atoms with Gasteiger partial charge in [-0.3, -0.25) is 0 Å². The molecule has 0 aliphatic carbocycles. The van der Waals surface area contributed by atoms with E-state index in [-0.39, 0.29) is 16.7 Å². The minimum absolute atomic E-state index is 0.00402. The standard InChI is InChI=1S/C14H13ClO6/c15-3-1-4-20-5-2-8-6-9(12(16)17)7-10-11(8)14(19)21-13(10)18/h6-7H,1-5H2,(H,16,17). The van der Waals surface area contributed by atoms with Crippen LogP contribution in [0.3, 0.4) is 0 Å². The molecule has 0 aromatic heterocycles. The van der Waals surface area contributed by atoms with Crippen molar-refractivity contribution in [2.45, 2.75) is 12.8 Å². The summed E-state index contributed by atoms with van der Waals surface area (Å²) >= 11 is 5.52. The maximum absolute atomic E-state index is 11.7. The molecule has 0 saturated heterocycles. The van der Waals surface area contributed by atoms with E-state index in [1.165, 1.54) is 6.07 Å². The van der Waals surface area contributed by atoms with E-state index in [4.69, 9.17) is 21.4 Å². The molecule has 2 rings (SSSR count). The predicted molar refractivity (Wildman–Crippen MR) is 73.0 cm³/mol. The molecule has 6 nitrogen and oxygen atoms in total. The van der Waals surface area contributed by atoms with Crippen molar-refractivity contribution in [2.75, 3.05) is 19.1 Å². The SMILES string of the molecule is O=C(O)c1cc(CCOCCCCl)c2c(c1)C(=O)OC2=O. The lowest BCUT2D eigenvalue weighted by molar-refractivity contribution is 0.0443. The average molecular weight is 313 g/mol. The fraction of sp³-hybridized carbons (Fsp3) is 0.357. The van der Waals surface area contributed by atoms with Crippen LogP contribution in [0, 0.1) is 0 Å². The monoisotopic (exact) mass is 312 g/mol. The molecule has 1 N–H and O–H groups in total. The van der Waals surface area contributed by atoms with Crippen LogP contribution < -0.4 is 0 Å². The molecule has 112 valence electrons. The van der Waals surface area contributed by atoms with Crippen LogP contribution in [-0.4, -0.2) is 42.1 Å². The molecule has 7 heteroatoms. The van der Waals surface area contributed by atoms with E-state index in [1.54, 1.807) is 0 Å². The molecule has 0 fully saturated rings. The smallest absolute Gasteiger partial charge is 0.347 e. The highest BCUT2D eigenvalue weighted by molar-refractivity contribution is 6.17. The van der Waals surface area contributed by atoms with E-state index in [9.17, 15) is 14.4 Å². The Morgan fingerprint density at radius 2 is 2.00 bits per heavy atom. The first-order valence-corrected chi connectivity index (χ1v) is 6.88. The van der Waals surface area contributed by atoms with Crippen LogP contribution in [0.25, 0.3) is 0 Å². The number of carbonyl (C=O) groups excluding carboxylic acids is 2. The molecule has 0 saturated carbocycles. The number of carbonyl (C=O) groups is 3. The molecule has 0 unspecified atom stereocenters. The highest BCUT2D eigenvalue weighted by Crippen LogP contribution is 2.26. The van der Waals surface area contributed by atoms with Gasteiger partial charge in [0.25, 0.3) is 0 Å². The first kappa shape index (κ1) is 15.5. The highest BCUT2D eigenvalue weighted by atomic mass is 35.5. The molecule has 0 amide bonds. The maximum atomic E-state index is 11.7. The normalized spacial score (nSPS) is 13.2. The summed E-state index contributed by atoms with van der Waals surface area (Å²) in [6, 6.07) is 2.52. The lowest BCUT2D eigenvalue weighted by Gasteiger charge is -2.07. The summed E-state index contributed by atoms with van der Waals surface area (Å²) in [7, 11) is 0. The zero-order valence-corrected chi connectivity index (χ0v) is 11.8. The zero-order chi connectivity index (χ0) is 15.4. The molecule has 1 aliphatic rings. The van der Waals surface area contributed by atoms with Gasteiger partial charge in [-0.05, 0) is 30.5 Å². The Kier molecular flexibility index (Phi) is 4.93. The Labute approximate surface area is 125 Å². The average Bonchev–Trinajstić information content (AvgIpc) is 2.73. The van der Waals surface area contributed by atoms with Crippen LogP contribution in [0.2, 0.25) is 0 Å². The molecule has 1 heterocycles. The summed E-state index contributed by atoms with van der Waals surface area (Å²) in [5.41, 5.74) is 0.504. The van der Waals surface area contributed by atoms with Crippen LogP contribution in [0.1, 0.15) is 43.1 Å². The lowest BCUT2D eigenvalue weighted by Crippen LogP contribution is -2.08. The first-order valence-electron chi connectivity index (χ1n) is 6.35. The summed E-state index contributed by atoms with van der Waals surface area (Å²) in [6.07, 6.45) is 1.02. The second-order valence-corrected chi connectivity index (χ2v) is 4.82. The Balaban J connectivity index is 2.23. The maximum Gasteiger partial charge on any atom is 0.347 e. The largest absolute Gasteiger partial charge is 0.478 e. The van der Waals surface area contributed by atoms with Crippen LogP contribution in [0.4, 0.5) is 0 Å². The minimum Gasteiger partial charge on any atom is -0.478 e. The van der Waals surface area contributed by atoms with Crippen LogP contribution in [0.15, 0.2) is 12.1 Å². The van der Waals surface area contributed by atoms with Gasteiger partial charge >= 0.3 is 17.9 Å². The Morgan fingerprint density at radius 3 is 2.67 bits per heavy atom. The van der Waals surface area contributed by atoms with E-state index in [1.807, 2.05) is 0 Å². The van der Waals surface area contributed by atoms with Gasteiger partial charge in [-0.1, -0.05) is 0 Å². The van der Waals surface area contributed by atoms with Crippen molar-refractivity contribution in [3.8, 4) is 0 Å². The number of halogens is 1. The summed E-state index contributed by atoms with van der Waals surface area (Å²) in [5.74, 6) is -2.25. The second kappa shape index (κ2) is 6.69. The van der Waals surface area contributed by atoms with Crippen molar-refractivity contribution in [3.05, 3.63) is 34.4 Å². The van der Waals surface area contributed by atoms with Gasteiger partial charge in [-0.25, -0.2) is 14.4 Å². The van der Waals surface area contributed by atoms with Crippen molar-refractivity contribution < 1.29 is 29.0 Å². The third kappa shape index (κ3) is 3.40. The van der Waals surface area contributed by atoms with Gasteiger partial charge in [0.05, 0.1) is 23.3 Å². The van der Waals surface area contributed by atoms with E-state index in [0.29, 0.717) is 37.5 Å². The third-order valence-corrected chi connectivity index (χ3v) is 3.28. The molecular weight excluding hydrogens is 300 g/mol. The molecule has 21 heavy (non-hydrogen) atoms. The molecule has 1 aliphatic heterocycles. The minimum atomic E-state index is -1.17. The van der Waals surface area contributed by atoms with Gasteiger partial charge in [0.2, 0.25) is 0 Å². The number of hydrogen-bond donors (Lipinski definition) is 1. The number of cyclic esters (lactones) is 2. The van der Waals surface area contributed by atoms with E-state index < -0.39 is 17.9 Å². The van der Waals surface area contributed by atoms with Gasteiger partial charge in [-0.2, -0.15) is 0 Å². The zero-order valence-electron chi connectivity index (χ0n) is 11.1. The van der Waals surface area contributed by atoms with E-state index in [2.05, 4.69) is 4.74 Å². The molecular formula is C14H13ClO6. The molecule has 0 atom stereocenters. The Morgan fingerprint density at radius 1 is 1.24 bits per heavy atom. The molecule has 0 radical (unpaired) electrons. The summed E-state index contributed by atoms with van der Waals surface area (Å²) in [6.45, 7) is 0.779. The number of fused-ring (bicyclic) bond motifs is 1. The van der Waals surface area contributed by atoms with Gasteiger partial charge < -0.3 is 14.6 Å². The molecule has 1 aromatic rings. The fourth-order valence-corrected chi connectivity index (χ4v) is 2.16. The van der Waals surface area contributed by atoms with Crippen LogP contribution >= 0.6 is 11.6 Å². The summed E-state index contributed by atoms with van der Waals surface area (Å²) < 4.78 is 9.85. The van der Waals surface area contributed by atoms with Crippen molar-refractivity contribution in [3.63, 3.8) is 0 Å². The topological polar surface area (TPSA) is 89.9 Å². The number of rotatable bonds is 7. The van der Waals surface area contributed by atoms with Crippen molar-refractivity contribution >= 4 is 29.5 Å². The van der Waals surface area contributed by atoms with Gasteiger partial charge in [0.1, 0.15) is 0 Å². The predicted octanol–water partition coefficient (Wildman–Crippen LogP) is 1.88. The second-order valence-electron chi connectivity index (χ2n) is 4.44. The number of alkyl halides is 1. The van der Waals surface area contributed by atoms with E-state index in [0.717, 1.165) is 6.07 Å². The quantitative estimate of drug-likeness (QED) is 0.358. The van der Waals surface area contributed by atoms with Crippen LogP contribution in [0.5, 0.6) is 0 Å². The van der Waals surface area contributed by atoms with Gasteiger partial charge in [-0.15, -0.1) is 11.6 Å². The third-order valence-electron chi connectivity index (χ3n) is 3.01.